The van der Waals surface area contributed by atoms with Crippen molar-refractivity contribution in [3.8, 4) is 0 Å². The second-order valence-corrected chi connectivity index (χ2v) is 2.96. The largest absolute Gasteiger partial charge is 0.454 e. The molecule has 0 aromatic carbocycles. The van der Waals surface area contributed by atoms with Crippen molar-refractivity contribution in [2.45, 2.75) is 25.9 Å². The first-order valence-electron chi connectivity index (χ1n) is 2.96. The van der Waals surface area contributed by atoms with Gasteiger partial charge in [0.25, 0.3) is 0 Å². The Bertz CT molecular complexity index is 117. The fourth-order valence-corrected chi connectivity index (χ4v) is 0.458. The summed E-state index contributed by atoms with van der Waals surface area (Å²) in [7, 11) is 0. The second kappa shape index (κ2) is 3.78. The maximum atomic E-state index is 9.99. The maximum absolute atomic E-state index is 9.99. The minimum Gasteiger partial charge on any atom is -0.454 e. The molecular weight excluding hydrogens is 156 g/mol. The molecule has 0 amide bonds. The smallest absolute Gasteiger partial charge is 0.403 e. The summed E-state index contributed by atoms with van der Waals surface area (Å²) in [6.45, 7) is 3.43. The number of halogens is 1. The van der Waals surface area contributed by atoms with Gasteiger partial charge in [-0.3, -0.25) is 0 Å². The van der Waals surface area contributed by atoms with Crippen LogP contribution in [0.4, 0.5) is 4.79 Å². The van der Waals surface area contributed by atoms with Gasteiger partial charge in [-0.15, -0.1) is 0 Å². The van der Waals surface area contributed by atoms with Gasteiger partial charge in [-0.1, -0.05) is 0 Å². The number of hydrogen-bond acceptors (Lipinski definition) is 3. The van der Waals surface area contributed by atoms with Gasteiger partial charge in [0.15, 0.2) is 0 Å². The van der Waals surface area contributed by atoms with Crippen LogP contribution in [0.25, 0.3) is 0 Å². The van der Waals surface area contributed by atoms with Crippen LogP contribution in [0.2, 0.25) is 0 Å². The molecule has 10 heavy (non-hydrogen) atoms. The van der Waals surface area contributed by atoms with E-state index in [0.29, 0.717) is 6.42 Å². The number of ether oxygens (including phenoxy) is 1. The van der Waals surface area contributed by atoms with Gasteiger partial charge in [-0.2, -0.15) is 0 Å². The first-order valence-corrected chi connectivity index (χ1v) is 3.34. The van der Waals surface area contributed by atoms with Crippen molar-refractivity contribution in [3.63, 3.8) is 0 Å². The Labute approximate surface area is 64.9 Å². The van der Waals surface area contributed by atoms with Gasteiger partial charge in [-0.05, 0) is 13.8 Å². The van der Waals surface area contributed by atoms with Gasteiger partial charge < -0.3 is 9.84 Å². The van der Waals surface area contributed by atoms with Crippen LogP contribution in [0.15, 0.2) is 0 Å². The van der Waals surface area contributed by atoms with E-state index in [2.05, 4.69) is 4.74 Å². The topological polar surface area (TPSA) is 46.5 Å². The van der Waals surface area contributed by atoms with Crippen LogP contribution >= 0.6 is 11.6 Å². The van der Waals surface area contributed by atoms with Crippen LogP contribution in [0, 0.1) is 0 Å². The highest BCUT2D eigenvalue weighted by Gasteiger charge is 2.12. The molecule has 0 aromatic rings. The highest BCUT2D eigenvalue weighted by Crippen LogP contribution is 2.06. The zero-order chi connectivity index (χ0) is 8.20. The van der Waals surface area contributed by atoms with E-state index in [1.807, 2.05) is 0 Å². The molecule has 0 atom stereocenters. The highest BCUT2D eigenvalue weighted by atomic mass is 35.5. The molecule has 0 bridgehead atoms. The van der Waals surface area contributed by atoms with Crippen LogP contribution in [0.5, 0.6) is 0 Å². The Morgan fingerprint density at radius 2 is 2.20 bits per heavy atom. The Morgan fingerprint density at radius 1 is 1.70 bits per heavy atom. The molecule has 4 heteroatoms. The predicted octanol–water partition coefficient (Wildman–Crippen LogP) is 1.52. The Balaban J connectivity index is 3.29. The minimum absolute atomic E-state index is 0.159. The predicted molar refractivity (Wildman–Crippen MR) is 38.1 cm³/mol. The Kier molecular flexibility index (Phi) is 3.68. The highest BCUT2D eigenvalue weighted by molar-refractivity contribution is 6.61. The third-order valence-electron chi connectivity index (χ3n) is 0.929. The summed E-state index contributed by atoms with van der Waals surface area (Å²) >= 11 is 4.86. The maximum Gasteiger partial charge on any atom is 0.403 e. The van der Waals surface area contributed by atoms with Crippen LogP contribution in [0.1, 0.15) is 20.3 Å². The molecule has 3 nitrogen and oxygen atoms in total. The normalized spacial score (nSPS) is 11.2. The summed E-state index contributed by atoms with van der Waals surface area (Å²) in [5, 5.41) is 9.10. The summed E-state index contributed by atoms with van der Waals surface area (Å²) in [5.41, 5.74) is -1.63. The summed E-state index contributed by atoms with van der Waals surface area (Å²) in [4.78, 5) is 9.99. The third kappa shape index (κ3) is 7.72. The van der Waals surface area contributed by atoms with Crippen LogP contribution < -0.4 is 0 Å². The lowest BCUT2D eigenvalue weighted by molar-refractivity contribution is 0.0485. The average Bonchev–Trinajstić information content (AvgIpc) is 1.59. The van der Waals surface area contributed by atoms with Crippen LogP contribution in [-0.2, 0) is 4.74 Å². The second-order valence-electron chi connectivity index (χ2n) is 2.65. The molecule has 0 heterocycles. The molecule has 0 radical (unpaired) electrons. The molecular formula is C6H11ClO3. The summed E-state index contributed by atoms with van der Waals surface area (Å²) in [5.74, 6) is 0. The standard InChI is InChI=1S/C6H11ClO3/c1-6(2,9)3-4-10-5(7)8/h9H,3-4H2,1-2H3. The van der Waals surface area contributed by atoms with E-state index in [0.717, 1.165) is 0 Å². The lowest BCUT2D eigenvalue weighted by Crippen LogP contribution is -2.21. The van der Waals surface area contributed by atoms with Crippen molar-refractivity contribution < 1.29 is 14.6 Å². The molecule has 0 aliphatic rings. The SMILES string of the molecule is CC(C)(O)CCOC(=O)Cl. The lowest BCUT2D eigenvalue weighted by Gasteiger charge is -2.15. The number of aliphatic hydroxyl groups is 1. The number of hydrogen-bond donors (Lipinski definition) is 1. The molecule has 1 N–H and O–H groups in total. The average molecular weight is 167 g/mol. The molecule has 0 unspecified atom stereocenters. The van der Waals surface area contributed by atoms with E-state index in [1.165, 1.54) is 0 Å². The van der Waals surface area contributed by atoms with Gasteiger partial charge in [-0.25, -0.2) is 4.79 Å². The fraction of sp³-hybridized carbons (Fsp3) is 0.833. The monoisotopic (exact) mass is 166 g/mol. The molecule has 0 saturated heterocycles. The zero-order valence-corrected chi connectivity index (χ0v) is 6.81. The van der Waals surface area contributed by atoms with E-state index in [9.17, 15) is 4.79 Å². The van der Waals surface area contributed by atoms with E-state index in [4.69, 9.17) is 16.7 Å². The number of carbonyl (C=O) groups excluding carboxylic acids is 1. The molecule has 0 fully saturated rings. The first-order chi connectivity index (χ1) is 4.42. The van der Waals surface area contributed by atoms with Crippen molar-refractivity contribution >= 4 is 17.0 Å². The summed E-state index contributed by atoms with van der Waals surface area (Å²) in [6, 6.07) is 0. The summed E-state index contributed by atoms with van der Waals surface area (Å²) in [6.07, 6.45) is 0.394. The Morgan fingerprint density at radius 3 is 2.50 bits per heavy atom. The van der Waals surface area contributed by atoms with Crippen molar-refractivity contribution in [2.24, 2.45) is 0 Å². The van der Waals surface area contributed by atoms with Gasteiger partial charge >= 0.3 is 5.43 Å². The van der Waals surface area contributed by atoms with E-state index >= 15 is 0 Å². The zero-order valence-electron chi connectivity index (χ0n) is 6.06. The lowest BCUT2D eigenvalue weighted by atomic mass is 10.1. The van der Waals surface area contributed by atoms with Crippen molar-refractivity contribution in [1.29, 1.82) is 0 Å². The van der Waals surface area contributed by atoms with Crippen LogP contribution in [0.3, 0.4) is 0 Å². The van der Waals surface area contributed by atoms with E-state index in [1.54, 1.807) is 13.8 Å². The van der Waals surface area contributed by atoms with Gasteiger partial charge in [0.1, 0.15) is 0 Å². The van der Waals surface area contributed by atoms with Gasteiger partial charge in [0, 0.05) is 18.0 Å². The van der Waals surface area contributed by atoms with Crippen molar-refractivity contribution in [1.82, 2.24) is 0 Å². The van der Waals surface area contributed by atoms with E-state index in [-0.39, 0.29) is 6.61 Å². The van der Waals surface area contributed by atoms with E-state index < -0.39 is 11.0 Å². The molecule has 0 aliphatic heterocycles. The van der Waals surface area contributed by atoms with Crippen LogP contribution in [-0.4, -0.2) is 22.7 Å². The fourth-order valence-electron chi connectivity index (χ4n) is 0.381. The first kappa shape index (κ1) is 9.72. The molecule has 0 aromatic heterocycles. The molecule has 0 rings (SSSR count). The quantitative estimate of drug-likeness (QED) is 0.647. The Hall–Kier alpha value is -0.280. The van der Waals surface area contributed by atoms with Gasteiger partial charge in [0.2, 0.25) is 0 Å². The molecule has 0 aliphatic carbocycles. The summed E-state index contributed by atoms with van der Waals surface area (Å²) < 4.78 is 4.38. The number of carbonyl (C=O) groups is 1. The third-order valence-corrected chi connectivity index (χ3v) is 1.04. The minimum atomic E-state index is -0.829. The molecule has 0 spiro atoms. The molecule has 0 saturated carbocycles. The van der Waals surface area contributed by atoms with Gasteiger partial charge in [0.05, 0.1) is 12.2 Å². The number of rotatable bonds is 3. The molecule has 60 valence electrons. The van der Waals surface area contributed by atoms with Crippen molar-refractivity contribution in [2.75, 3.05) is 6.61 Å². The van der Waals surface area contributed by atoms with Crippen molar-refractivity contribution in [3.05, 3.63) is 0 Å².